The van der Waals surface area contributed by atoms with E-state index in [-0.39, 0.29) is 17.8 Å². The van der Waals surface area contributed by atoms with Crippen LogP contribution >= 0.6 is 15.9 Å². The van der Waals surface area contributed by atoms with Crippen LogP contribution in [0.1, 0.15) is 10.4 Å². The summed E-state index contributed by atoms with van der Waals surface area (Å²) >= 11 is 3.37. The fourth-order valence-electron chi connectivity index (χ4n) is 2.06. The zero-order chi connectivity index (χ0) is 11.1. The van der Waals surface area contributed by atoms with Gasteiger partial charge in [-0.2, -0.15) is 0 Å². The minimum atomic E-state index is -0.174. The summed E-state index contributed by atoms with van der Waals surface area (Å²) in [5.41, 5.74) is 0.663. The minimum Gasteiger partial charge on any atom is -0.484 e. The van der Waals surface area contributed by atoms with Gasteiger partial charge in [-0.3, -0.25) is 4.79 Å². The molecule has 0 bridgehead atoms. The molecule has 0 saturated heterocycles. The summed E-state index contributed by atoms with van der Waals surface area (Å²) in [5, 5.41) is 0. The number of halogens is 1. The molecular weight excluding hydrogens is 268 g/mol. The highest BCUT2D eigenvalue weighted by Gasteiger charge is 2.34. The molecule has 2 aliphatic rings. The topological polar surface area (TPSA) is 26.3 Å². The van der Waals surface area contributed by atoms with Crippen LogP contribution in [-0.2, 0) is 0 Å². The van der Waals surface area contributed by atoms with Crippen LogP contribution in [0.15, 0.2) is 47.0 Å². The standard InChI is InChI=1S/C13H9BrO2/c14-8-5-6-12-10(7-8)13(15)9-3-1-2-4-11(9)16-12/h1-7,9,11H/t9-,11-/m0/s1. The summed E-state index contributed by atoms with van der Waals surface area (Å²) in [6, 6.07) is 5.54. The second-order valence-corrected chi connectivity index (χ2v) is 4.80. The van der Waals surface area contributed by atoms with Crippen molar-refractivity contribution >= 4 is 21.7 Å². The van der Waals surface area contributed by atoms with Crippen molar-refractivity contribution in [2.24, 2.45) is 5.92 Å². The summed E-state index contributed by atoms with van der Waals surface area (Å²) in [6.07, 6.45) is 7.49. The van der Waals surface area contributed by atoms with E-state index in [2.05, 4.69) is 15.9 Å². The highest BCUT2D eigenvalue weighted by Crippen LogP contribution is 2.34. The molecule has 1 aliphatic heterocycles. The largest absolute Gasteiger partial charge is 0.484 e. The molecule has 0 unspecified atom stereocenters. The Kier molecular flexibility index (Phi) is 2.21. The van der Waals surface area contributed by atoms with Crippen LogP contribution in [-0.4, -0.2) is 11.9 Å². The minimum absolute atomic E-state index is 0.133. The van der Waals surface area contributed by atoms with Gasteiger partial charge in [-0.05, 0) is 24.3 Å². The maximum Gasteiger partial charge on any atom is 0.177 e. The Labute approximate surface area is 102 Å². The molecule has 3 rings (SSSR count). The van der Waals surface area contributed by atoms with Gasteiger partial charge in [-0.15, -0.1) is 0 Å². The second-order valence-electron chi connectivity index (χ2n) is 3.88. The van der Waals surface area contributed by atoms with Crippen LogP contribution in [0.3, 0.4) is 0 Å². The number of carbonyl (C=O) groups excluding carboxylic acids is 1. The zero-order valence-corrected chi connectivity index (χ0v) is 9.98. The Morgan fingerprint density at radius 2 is 2.00 bits per heavy atom. The third-order valence-electron chi connectivity index (χ3n) is 2.86. The Bertz CT molecular complexity index is 517. The van der Waals surface area contributed by atoms with Crippen molar-refractivity contribution in [2.45, 2.75) is 6.10 Å². The van der Waals surface area contributed by atoms with Crippen LogP contribution in [0.4, 0.5) is 0 Å². The van der Waals surface area contributed by atoms with Gasteiger partial charge in [0, 0.05) is 4.47 Å². The van der Waals surface area contributed by atoms with E-state index in [9.17, 15) is 4.79 Å². The van der Waals surface area contributed by atoms with Gasteiger partial charge in [0.05, 0.1) is 11.5 Å². The number of hydrogen-bond donors (Lipinski definition) is 0. The summed E-state index contributed by atoms with van der Waals surface area (Å²) in [5.74, 6) is 0.634. The van der Waals surface area contributed by atoms with Crippen molar-refractivity contribution in [1.29, 1.82) is 0 Å². The number of ether oxygens (including phenoxy) is 1. The quantitative estimate of drug-likeness (QED) is 0.728. The molecule has 0 amide bonds. The van der Waals surface area contributed by atoms with E-state index in [1.165, 1.54) is 0 Å². The van der Waals surface area contributed by atoms with E-state index in [0.717, 1.165) is 4.47 Å². The van der Waals surface area contributed by atoms with Crippen molar-refractivity contribution in [3.63, 3.8) is 0 Å². The van der Waals surface area contributed by atoms with Crippen molar-refractivity contribution in [1.82, 2.24) is 0 Å². The van der Waals surface area contributed by atoms with Crippen molar-refractivity contribution in [3.05, 3.63) is 52.5 Å². The molecule has 1 heterocycles. The average Bonchev–Trinajstić information content (AvgIpc) is 2.31. The van der Waals surface area contributed by atoms with Crippen LogP contribution in [0.5, 0.6) is 5.75 Å². The van der Waals surface area contributed by atoms with Crippen LogP contribution in [0, 0.1) is 5.92 Å². The lowest BCUT2D eigenvalue weighted by atomic mass is 9.87. The molecule has 0 fully saturated rings. The summed E-state index contributed by atoms with van der Waals surface area (Å²) in [4.78, 5) is 12.2. The normalized spacial score (nSPS) is 25.9. The summed E-state index contributed by atoms with van der Waals surface area (Å²) in [7, 11) is 0. The SMILES string of the molecule is O=C1c2cc(Br)ccc2O[C@H]2C=CC=C[C@H]12. The van der Waals surface area contributed by atoms with E-state index in [4.69, 9.17) is 4.74 Å². The first-order valence-corrected chi connectivity index (χ1v) is 5.90. The smallest absolute Gasteiger partial charge is 0.177 e. The molecule has 16 heavy (non-hydrogen) atoms. The maximum atomic E-state index is 12.2. The molecule has 0 aromatic heterocycles. The average molecular weight is 277 g/mol. The fourth-order valence-corrected chi connectivity index (χ4v) is 2.42. The third kappa shape index (κ3) is 1.43. The van der Waals surface area contributed by atoms with E-state index < -0.39 is 0 Å². The number of hydrogen-bond acceptors (Lipinski definition) is 2. The number of rotatable bonds is 0. The lowest BCUT2D eigenvalue weighted by Crippen LogP contribution is -2.36. The molecule has 1 aromatic carbocycles. The molecule has 1 aliphatic carbocycles. The third-order valence-corrected chi connectivity index (χ3v) is 3.35. The molecular formula is C13H9BrO2. The van der Waals surface area contributed by atoms with Crippen LogP contribution in [0.2, 0.25) is 0 Å². The van der Waals surface area contributed by atoms with Gasteiger partial charge < -0.3 is 4.74 Å². The fraction of sp³-hybridized carbons (Fsp3) is 0.154. The van der Waals surface area contributed by atoms with Gasteiger partial charge in [-0.25, -0.2) is 0 Å². The zero-order valence-electron chi connectivity index (χ0n) is 8.39. The predicted molar refractivity (Wildman–Crippen MR) is 64.7 cm³/mol. The van der Waals surface area contributed by atoms with Gasteiger partial charge in [0.2, 0.25) is 0 Å². The van der Waals surface area contributed by atoms with E-state index in [0.29, 0.717) is 11.3 Å². The molecule has 2 atom stereocenters. The van der Waals surface area contributed by atoms with Gasteiger partial charge in [-0.1, -0.05) is 34.2 Å². The molecule has 3 heteroatoms. The Balaban J connectivity index is 2.11. The number of ketones is 1. The van der Waals surface area contributed by atoms with Gasteiger partial charge in [0.25, 0.3) is 0 Å². The van der Waals surface area contributed by atoms with E-state index >= 15 is 0 Å². The summed E-state index contributed by atoms with van der Waals surface area (Å²) in [6.45, 7) is 0. The molecule has 1 aromatic rings. The lowest BCUT2D eigenvalue weighted by Gasteiger charge is -2.30. The molecule has 0 N–H and O–H groups in total. The first kappa shape index (κ1) is 9.85. The van der Waals surface area contributed by atoms with E-state index in [1.54, 1.807) is 0 Å². The number of fused-ring (bicyclic) bond motifs is 2. The number of Topliss-reactive ketones (excluding diaryl/α,β-unsaturated/α-hetero) is 1. The van der Waals surface area contributed by atoms with E-state index in [1.807, 2.05) is 42.5 Å². The highest BCUT2D eigenvalue weighted by atomic mass is 79.9. The number of carbonyl (C=O) groups is 1. The lowest BCUT2D eigenvalue weighted by molar-refractivity contribution is 0.0806. The monoisotopic (exact) mass is 276 g/mol. The van der Waals surface area contributed by atoms with Crippen LogP contribution < -0.4 is 4.74 Å². The van der Waals surface area contributed by atoms with Gasteiger partial charge in [0.1, 0.15) is 11.9 Å². The molecule has 80 valence electrons. The second kappa shape index (κ2) is 3.59. The summed E-state index contributed by atoms with van der Waals surface area (Å²) < 4.78 is 6.68. The van der Waals surface area contributed by atoms with Gasteiger partial charge in [0.15, 0.2) is 5.78 Å². The maximum absolute atomic E-state index is 12.2. The first-order valence-electron chi connectivity index (χ1n) is 5.11. The molecule has 0 spiro atoms. The molecule has 0 saturated carbocycles. The van der Waals surface area contributed by atoms with Gasteiger partial charge >= 0.3 is 0 Å². The molecule has 2 nitrogen and oxygen atoms in total. The predicted octanol–water partition coefficient (Wildman–Crippen LogP) is 3.14. The van der Waals surface area contributed by atoms with Crippen LogP contribution in [0.25, 0.3) is 0 Å². The Morgan fingerprint density at radius 1 is 1.19 bits per heavy atom. The number of allylic oxidation sites excluding steroid dienone is 2. The Morgan fingerprint density at radius 3 is 2.88 bits per heavy atom. The van der Waals surface area contributed by atoms with Crippen molar-refractivity contribution < 1.29 is 9.53 Å². The first-order chi connectivity index (χ1) is 7.75. The highest BCUT2D eigenvalue weighted by molar-refractivity contribution is 9.10. The molecule has 0 radical (unpaired) electrons. The van der Waals surface area contributed by atoms with Crippen molar-refractivity contribution in [3.8, 4) is 5.75 Å². The number of benzene rings is 1. The van der Waals surface area contributed by atoms with Crippen molar-refractivity contribution in [2.75, 3.05) is 0 Å². The Hall–Kier alpha value is -1.35.